The molecule has 8 heteroatoms. The number of amides is 1. The summed E-state index contributed by atoms with van der Waals surface area (Å²) in [5.74, 6) is 1.77. The van der Waals surface area contributed by atoms with Gasteiger partial charge in [0.05, 0.1) is 0 Å². The van der Waals surface area contributed by atoms with Gasteiger partial charge in [0.25, 0.3) is 0 Å². The highest BCUT2D eigenvalue weighted by atomic mass is 35.5. The van der Waals surface area contributed by atoms with E-state index in [4.69, 9.17) is 11.6 Å². The predicted molar refractivity (Wildman–Crippen MR) is 126 cm³/mol. The topological polar surface area (TPSA) is 64.6 Å². The van der Waals surface area contributed by atoms with Gasteiger partial charge in [0.1, 0.15) is 18.2 Å². The fourth-order valence-electron chi connectivity index (χ4n) is 5.28. The highest BCUT2D eigenvalue weighted by Crippen LogP contribution is 2.37. The van der Waals surface area contributed by atoms with Gasteiger partial charge in [0.15, 0.2) is 0 Å². The molecule has 32 heavy (non-hydrogen) atoms. The lowest BCUT2D eigenvalue weighted by atomic mass is 10.0. The van der Waals surface area contributed by atoms with Crippen molar-refractivity contribution >= 4 is 23.3 Å². The lowest BCUT2D eigenvalue weighted by Gasteiger charge is -2.41. The molecule has 2 fully saturated rings. The van der Waals surface area contributed by atoms with Crippen molar-refractivity contribution < 1.29 is 4.79 Å². The Labute approximate surface area is 194 Å². The number of carbonyl (C=O) groups excluding carboxylic acids is 1. The molecule has 0 spiro atoms. The normalized spacial score (nSPS) is 22.6. The maximum atomic E-state index is 13.8. The molecule has 1 amide bonds. The van der Waals surface area contributed by atoms with Crippen LogP contribution in [0.25, 0.3) is 0 Å². The van der Waals surface area contributed by atoms with E-state index in [0.717, 1.165) is 63.5 Å². The predicted octanol–water partition coefficient (Wildman–Crippen LogP) is 2.47. The lowest BCUT2D eigenvalue weighted by Crippen LogP contribution is -2.54. The SMILES string of the molecule is CC1CCc2ncnc(N3CCN(C(=O)C(c4ccc(Cl)cc4)N4CCNCC4)CC3)c21. The number of rotatable bonds is 4. The third kappa shape index (κ3) is 4.21. The van der Waals surface area contributed by atoms with Gasteiger partial charge in [-0.3, -0.25) is 9.69 Å². The van der Waals surface area contributed by atoms with E-state index in [-0.39, 0.29) is 11.9 Å². The minimum absolute atomic E-state index is 0.190. The van der Waals surface area contributed by atoms with Crippen molar-refractivity contribution in [1.29, 1.82) is 0 Å². The van der Waals surface area contributed by atoms with Gasteiger partial charge >= 0.3 is 0 Å². The Morgan fingerprint density at radius 1 is 1.06 bits per heavy atom. The summed E-state index contributed by atoms with van der Waals surface area (Å²) in [5, 5.41) is 4.09. The molecule has 3 aliphatic rings. The molecule has 170 valence electrons. The first-order chi connectivity index (χ1) is 15.6. The summed E-state index contributed by atoms with van der Waals surface area (Å²) in [6.07, 6.45) is 3.88. The first-order valence-corrected chi connectivity index (χ1v) is 12.1. The molecular formula is C24H31ClN6O. The summed E-state index contributed by atoms with van der Waals surface area (Å²) in [7, 11) is 0. The molecule has 2 saturated heterocycles. The van der Waals surface area contributed by atoms with Crippen LogP contribution < -0.4 is 10.2 Å². The minimum Gasteiger partial charge on any atom is -0.353 e. The molecule has 7 nitrogen and oxygen atoms in total. The van der Waals surface area contributed by atoms with Gasteiger partial charge < -0.3 is 15.1 Å². The summed E-state index contributed by atoms with van der Waals surface area (Å²) in [5.41, 5.74) is 3.53. The number of hydrogen-bond donors (Lipinski definition) is 1. The van der Waals surface area contributed by atoms with Crippen LogP contribution >= 0.6 is 11.6 Å². The second-order valence-electron chi connectivity index (χ2n) is 9.05. The highest BCUT2D eigenvalue weighted by Gasteiger charge is 2.35. The molecule has 0 bridgehead atoms. The van der Waals surface area contributed by atoms with Gasteiger partial charge in [0.2, 0.25) is 5.91 Å². The number of aromatic nitrogens is 2. The van der Waals surface area contributed by atoms with E-state index in [1.807, 2.05) is 29.2 Å². The molecule has 0 radical (unpaired) electrons. The number of piperazine rings is 2. The second-order valence-corrected chi connectivity index (χ2v) is 9.49. The number of fused-ring (bicyclic) bond motifs is 1. The third-order valence-electron chi connectivity index (χ3n) is 7.08. The van der Waals surface area contributed by atoms with Crippen molar-refractivity contribution in [1.82, 2.24) is 25.1 Å². The summed E-state index contributed by atoms with van der Waals surface area (Å²) in [6.45, 7) is 8.83. The van der Waals surface area contributed by atoms with Crippen LogP contribution in [0.15, 0.2) is 30.6 Å². The van der Waals surface area contributed by atoms with E-state index >= 15 is 0 Å². The van der Waals surface area contributed by atoms with Crippen LogP contribution in [0, 0.1) is 0 Å². The molecule has 2 atom stereocenters. The van der Waals surface area contributed by atoms with Crippen LogP contribution in [-0.4, -0.2) is 78.0 Å². The molecule has 3 heterocycles. The standard InChI is InChI=1S/C24H31ClN6O/c1-17-2-7-20-21(17)23(28-16-27-20)30-12-14-31(15-13-30)24(32)22(29-10-8-26-9-11-29)18-3-5-19(25)6-4-18/h3-6,16-17,22,26H,2,7-15H2,1H3. The highest BCUT2D eigenvalue weighted by molar-refractivity contribution is 6.30. The van der Waals surface area contributed by atoms with E-state index in [1.54, 1.807) is 6.33 Å². The molecule has 2 aliphatic heterocycles. The monoisotopic (exact) mass is 454 g/mol. The second kappa shape index (κ2) is 9.33. The molecular weight excluding hydrogens is 424 g/mol. The van der Waals surface area contributed by atoms with E-state index in [1.165, 1.54) is 11.3 Å². The van der Waals surface area contributed by atoms with Crippen molar-refractivity contribution in [3.63, 3.8) is 0 Å². The summed E-state index contributed by atoms with van der Waals surface area (Å²) in [6, 6.07) is 7.50. The number of nitrogens with zero attached hydrogens (tertiary/aromatic N) is 5. The van der Waals surface area contributed by atoms with E-state index in [2.05, 4.69) is 32.0 Å². The van der Waals surface area contributed by atoms with Crippen molar-refractivity contribution in [2.24, 2.45) is 0 Å². The Balaban J connectivity index is 1.32. The van der Waals surface area contributed by atoms with Crippen LogP contribution in [0.1, 0.15) is 42.1 Å². The Morgan fingerprint density at radius 3 is 2.50 bits per heavy atom. The Hall–Kier alpha value is -2.22. The van der Waals surface area contributed by atoms with Crippen molar-refractivity contribution in [2.75, 3.05) is 57.3 Å². The molecule has 1 aromatic heterocycles. The quantitative estimate of drug-likeness (QED) is 0.765. The zero-order chi connectivity index (χ0) is 22.1. The average molecular weight is 455 g/mol. The van der Waals surface area contributed by atoms with Crippen LogP contribution in [0.2, 0.25) is 5.02 Å². The van der Waals surface area contributed by atoms with Crippen LogP contribution in [0.4, 0.5) is 5.82 Å². The number of nitrogens with one attached hydrogen (secondary N) is 1. The van der Waals surface area contributed by atoms with Gasteiger partial charge in [-0.05, 0) is 36.5 Å². The van der Waals surface area contributed by atoms with Gasteiger partial charge in [-0.15, -0.1) is 0 Å². The number of halogens is 1. The number of carbonyl (C=O) groups is 1. The lowest BCUT2D eigenvalue weighted by molar-refractivity contribution is -0.138. The number of anilines is 1. The summed E-state index contributed by atoms with van der Waals surface area (Å²) in [4.78, 5) is 29.6. The molecule has 5 rings (SSSR count). The average Bonchev–Trinajstić information content (AvgIpc) is 3.22. The molecule has 1 aromatic carbocycles. The molecule has 1 aliphatic carbocycles. The molecule has 1 N–H and O–H groups in total. The fraction of sp³-hybridized carbons (Fsp3) is 0.542. The Kier molecular flexibility index (Phi) is 6.31. The van der Waals surface area contributed by atoms with Crippen LogP contribution in [-0.2, 0) is 11.2 Å². The van der Waals surface area contributed by atoms with E-state index in [9.17, 15) is 4.79 Å². The number of aryl methyl sites for hydroxylation is 1. The largest absolute Gasteiger partial charge is 0.353 e. The number of hydrogen-bond acceptors (Lipinski definition) is 6. The third-order valence-corrected chi connectivity index (χ3v) is 7.33. The van der Waals surface area contributed by atoms with E-state index < -0.39 is 0 Å². The van der Waals surface area contributed by atoms with Crippen LogP contribution in [0.3, 0.4) is 0 Å². The maximum Gasteiger partial charge on any atom is 0.244 e. The van der Waals surface area contributed by atoms with Gasteiger partial charge in [-0.1, -0.05) is 30.7 Å². The zero-order valence-corrected chi connectivity index (χ0v) is 19.4. The van der Waals surface area contributed by atoms with E-state index in [0.29, 0.717) is 24.0 Å². The maximum absolute atomic E-state index is 13.8. The van der Waals surface area contributed by atoms with Crippen molar-refractivity contribution in [3.05, 3.63) is 52.4 Å². The molecule has 2 unspecified atom stereocenters. The first kappa shape index (κ1) is 21.6. The molecule has 2 aromatic rings. The van der Waals surface area contributed by atoms with Crippen LogP contribution in [0.5, 0.6) is 0 Å². The van der Waals surface area contributed by atoms with Gasteiger partial charge in [-0.2, -0.15) is 0 Å². The number of benzene rings is 1. The molecule has 0 saturated carbocycles. The van der Waals surface area contributed by atoms with Gasteiger partial charge in [-0.25, -0.2) is 9.97 Å². The van der Waals surface area contributed by atoms with Crippen molar-refractivity contribution in [3.8, 4) is 0 Å². The van der Waals surface area contributed by atoms with Crippen molar-refractivity contribution in [2.45, 2.75) is 31.7 Å². The first-order valence-electron chi connectivity index (χ1n) is 11.7. The summed E-state index contributed by atoms with van der Waals surface area (Å²) >= 11 is 6.12. The zero-order valence-electron chi connectivity index (χ0n) is 18.6. The summed E-state index contributed by atoms with van der Waals surface area (Å²) < 4.78 is 0. The smallest absolute Gasteiger partial charge is 0.244 e. The van der Waals surface area contributed by atoms with Gasteiger partial charge in [0, 0.05) is 68.6 Å². The Morgan fingerprint density at radius 2 is 1.78 bits per heavy atom. The minimum atomic E-state index is -0.260. The Bertz CT molecular complexity index is 953. The fourth-order valence-corrected chi connectivity index (χ4v) is 5.41.